The highest BCUT2D eigenvalue weighted by atomic mass is 16.5. The van der Waals surface area contributed by atoms with Crippen molar-refractivity contribution in [3.8, 4) is 0 Å². The van der Waals surface area contributed by atoms with Crippen molar-refractivity contribution in [2.75, 3.05) is 37.9 Å². The molecule has 80 valence electrons. The molecule has 1 fully saturated rings. The van der Waals surface area contributed by atoms with E-state index >= 15 is 0 Å². The lowest BCUT2D eigenvalue weighted by molar-refractivity contribution is 0.0328. The average molecular weight is 204 g/mol. The third kappa shape index (κ3) is 1.62. The highest BCUT2D eigenvalue weighted by Gasteiger charge is 2.24. The third-order valence-electron chi connectivity index (χ3n) is 3.19. The Morgan fingerprint density at radius 2 is 1.80 bits per heavy atom. The number of benzene rings is 1. The number of fused-ring (bicyclic) bond motifs is 1. The quantitative estimate of drug-likeness (QED) is 0.685. The molecular formula is C12H16N2O. The van der Waals surface area contributed by atoms with Gasteiger partial charge < -0.3 is 9.75 Å². The number of ether oxygens (including phenoxy) is 1. The van der Waals surface area contributed by atoms with Crippen molar-refractivity contribution in [1.29, 1.82) is 0 Å². The summed E-state index contributed by atoms with van der Waals surface area (Å²) in [5.74, 6) is 0. The largest absolute Gasteiger partial charge is 0.379 e. The van der Waals surface area contributed by atoms with E-state index < -0.39 is 0 Å². The molecule has 0 aromatic heterocycles. The number of nitrogens with zero attached hydrogens (tertiary/aromatic N) is 2. The van der Waals surface area contributed by atoms with E-state index in [1.165, 1.54) is 17.7 Å². The van der Waals surface area contributed by atoms with Gasteiger partial charge in [-0.3, -0.25) is 0 Å². The van der Waals surface area contributed by atoms with Gasteiger partial charge in [0.2, 0.25) is 0 Å². The van der Waals surface area contributed by atoms with Crippen LogP contribution in [0.4, 0.5) is 5.69 Å². The van der Waals surface area contributed by atoms with Crippen molar-refractivity contribution in [2.24, 2.45) is 0 Å². The zero-order valence-electron chi connectivity index (χ0n) is 8.85. The van der Waals surface area contributed by atoms with Crippen molar-refractivity contribution in [3.63, 3.8) is 0 Å². The number of rotatable bonds is 1. The molecule has 0 N–H and O–H groups in total. The first-order valence-electron chi connectivity index (χ1n) is 5.63. The SMILES string of the molecule is c1ccc2c(c1)CCN2N1CCOCC1. The Bertz CT molecular complexity index is 347. The molecule has 0 radical (unpaired) electrons. The van der Waals surface area contributed by atoms with Gasteiger partial charge in [-0.2, -0.15) is 0 Å². The monoisotopic (exact) mass is 204 g/mol. The van der Waals surface area contributed by atoms with Crippen LogP contribution in [0.15, 0.2) is 24.3 Å². The molecule has 0 aliphatic carbocycles. The molecule has 1 aromatic rings. The molecule has 0 atom stereocenters. The first-order chi connectivity index (χ1) is 7.45. The summed E-state index contributed by atoms with van der Waals surface area (Å²) in [7, 11) is 0. The van der Waals surface area contributed by atoms with Crippen LogP contribution in [0.1, 0.15) is 5.56 Å². The molecule has 0 amide bonds. The minimum atomic E-state index is 0.860. The minimum absolute atomic E-state index is 0.860. The van der Waals surface area contributed by atoms with Crippen molar-refractivity contribution < 1.29 is 4.74 Å². The Hall–Kier alpha value is -1.06. The lowest BCUT2D eigenvalue weighted by Crippen LogP contribution is -2.48. The molecule has 3 nitrogen and oxygen atoms in total. The van der Waals surface area contributed by atoms with Gasteiger partial charge >= 0.3 is 0 Å². The van der Waals surface area contributed by atoms with Gasteiger partial charge in [-0.1, -0.05) is 18.2 Å². The fourth-order valence-corrected chi connectivity index (χ4v) is 2.41. The first-order valence-corrected chi connectivity index (χ1v) is 5.63. The third-order valence-corrected chi connectivity index (χ3v) is 3.19. The summed E-state index contributed by atoms with van der Waals surface area (Å²) >= 11 is 0. The molecule has 0 spiro atoms. The summed E-state index contributed by atoms with van der Waals surface area (Å²) in [6.07, 6.45) is 1.17. The standard InChI is InChI=1S/C12H16N2O/c1-2-4-12-11(3-1)5-6-14(12)13-7-9-15-10-8-13/h1-4H,5-10H2. The van der Waals surface area contributed by atoms with E-state index in [0.29, 0.717) is 0 Å². The van der Waals surface area contributed by atoms with E-state index in [-0.39, 0.29) is 0 Å². The zero-order chi connectivity index (χ0) is 10.1. The van der Waals surface area contributed by atoms with Crippen molar-refractivity contribution in [1.82, 2.24) is 5.01 Å². The van der Waals surface area contributed by atoms with Gasteiger partial charge in [0.1, 0.15) is 0 Å². The van der Waals surface area contributed by atoms with E-state index in [9.17, 15) is 0 Å². The Balaban J connectivity index is 1.83. The Kier molecular flexibility index (Phi) is 2.35. The Labute approximate surface area is 90.2 Å². The van der Waals surface area contributed by atoms with Gasteiger partial charge in [0.15, 0.2) is 0 Å². The highest BCUT2D eigenvalue weighted by molar-refractivity contribution is 5.56. The molecule has 3 rings (SSSR count). The van der Waals surface area contributed by atoms with E-state index in [4.69, 9.17) is 4.74 Å². The zero-order valence-corrected chi connectivity index (χ0v) is 8.85. The summed E-state index contributed by atoms with van der Waals surface area (Å²) in [6.45, 7) is 4.89. The Morgan fingerprint density at radius 1 is 1.00 bits per heavy atom. The fourth-order valence-electron chi connectivity index (χ4n) is 2.41. The number of morpholine rings is 1. The second-order valence-corrected chi connectivity index (χ2v) is 4.07. The number of hydrogen-bond acceptors (Lipinski definition) is 3. The molecule has 1 saturated heterocycles. The van der Waals surface area contributed by atoms with Gasteiger partial charge in [0.25, 0.3) is 0 Å². The Morgan fingerprint density at radius 3 is 2.67 bits per heavy atom. The molecule has 3 heteroatoms. The molecule has 15 heavy (non-hydrogen) atoms. The maximum Gasteiger partial charge on any atom is 0.0612 e. The smallest absolute Gasteiger partial charge is 0.0612 e. The molecule has 0 bridgehead atoms. The lowest BCUT2D eigenvalue weighted by Gasteiger charge is -2.36. The van der Waals surface area contributed by atoms with Crippen LogP contribution in [-0.4, -0.2) is 37.9 Å². The average Bonchev–Trinajstić information content (AvgIpc) is 2.74. The second-order valence-electron chi connectivity index (χ2n) is 4.07. The van der Waals surface area contributed by atoms with Crippen LogP contribution in [0, 0.1) is 0 Å². The van der Waals surface area contributed by atoms with Gasteiger partial charge in [-0.25, -0.2) is 5.01 Å². The van der Waals surface area contributed by atoms with E-state index in [1.54, 1.807) is 0 Å². The number of anilines is 1. The lowest BCUT2D eigenvalue weighted by atomic mass is 10.2. The van der Waals surface area contributed by atoms with Crippen LogP contribution < -0.4 is 5.01 Å². The number of hydrogen-bond donors (Lipinski definition) is 0. The molecule has 2 aliphatic heterocycles. The summed E-state index contributed by atoms with van der Waals surface area (Å²) in [6, 6.07) is 8.70. The van der Waals surface area contributed by atoms with Gasteiger partial charge in [-0.05, 0) is 18.1 Å². The van der Waals surface area contributed by atoms with Crippen LogP contribution >= 0.6 is 0 Å². The van der Waals surface area contributed by atoms with Crippen molar-refractivity contribution >= 4 is 5.69 Å². The maximum absolute atomic E-state index is 5.38. The van der Waals surface area contributed by atoms with Gasteiger partial charge in [0, 0.05) is 19.6 Å². The maximum atomic E-state index is 5.38. The van der Waals surface area contributed by atoms with Crippen LogP contribution in [0.2, 0.25) is 0 Å². The van der Waals surface area contributed by atoms with Gasteiger partial charge in [-0.15, -0.1) is 0 Å². The van der Waals surface area contributed by atoms with E-state index in [0.717, 1.165) is 32.8 Å². The molecule has 2 aliphatic rings. The predicted octanol–water partition coefficient (Wildman–Crippen LogP) is 1.30. The summed E-state index contributed by atoms with van der Waals surface area (Å²) in [4.78, 5) is 0. The molecule has 1 aromatic carbocycles. The normalized spacial score (nSPS) is 21.7. The summed E-state index contributed by atoms with van der Waals surface area (Å²) < 4.78 is 5.38. The van der Waals surface area contributed by atoms with Crippen LogP contribution in [0.25, 0.3) is 0 Å². The fraction of sp³-hybridized carbons (Fsp3) is 0.500. The predicted molar refractivity (Wildman–Crippen MR) is 59.9 cm³/mol. The van der Waals surface area contributed by atoms with Crippen molar-refractivity contribution in [3.05, 3.63) is 29.8 Å². The van der Waals surface area contributed by atoms with Crippen LogP contribution in [-0.2, 0) is 11.2 Å². The van der Waals surface area contributed by atoms with Crippen LogP contribution in [0.3, 0.4) is 0 Å². The number of hydrazine groups is 1. The summed E-state index contributed by atoms with van der Waals surface area (Å²) in [5.41, 5.74) is 2.86. The number of para-hydroxylation sites is 1. The van der Waals surface area contributed by atoms with Gasteiger partial charge in [0.05, 0.1) is 18.9 Å². The van der Waals surface area contributed by atoms with E-state index in [1.807, 2.05) is 0 Å². The molecule has 2 heterocycles. The van der Waals surface area contributed by atoms with Crippen LogP contribution in [0.5, 0.6) is 0 Å². The van der Waals surface area contributed by atoms with Crippen molar-refractivity contribution in [2.45, 2.75) is 6.42 Å². The highest BCUT2D eigenvalue weighted by Crippen LogP contribution is 2.28. The second kappa shape index (κ2) is 3.83. The topological polar surface area (TPSA) is 15.7 Å². The molecular weight excluding hydrogens is 188 g/mol. The van der Waals surface area contributed by atoms with E-state index in [2.05, 4.69) is 34.3 Å². The molecule has 0 saturated carbocycles. The minimum Gasteiger partial charge on any atom is -0.379 e. The molecule has 0 unspecified atom stereocenters. The first kappa shape index (κ1) is 9.19. The summed E-state index contributed by atoms with van der Waals surface area (Å²) in [5, 5.41) is 4.83.